The molecule has 2 heterocycles. The van der Waals surface area contributed by atoms with Gasteiger partial charge < -0.3 is 10.6 Å². The Labute approximate surface area is 118 Å². The molecule has 2 aromatic rings. The zero-order valence-electron chi connectivity index (χ0n) is 11.6. The molecule has 1 aromatic heterocycles. The highest BCUT2D eigenvalue weighted by Gasteiger charge is 2.28. The molecule has 3 rings (SSSR count). The lowest BCUT2D eigenvalue weighted by molar-refractivity contribution is 0.0882. The highest BCUT2D eigenvalue weighted by Crippen LogP contribution is 2.18. The van der Waals surface area contributed by atoms with E-state index >= 15 is 0 Å². The maximum atomic E-state index is 12.4. The molecule has 4 nitrogen and oxygen atoms in total. The maximum absolute atomic E-state index is 12.4. The molecule has 1 aromatic carbocycles. The van der Waals surface area contributed by atoms with Crippen molar-refractivity contribution in [1.29, 1.82) is 0 Å². The highest BCUT2D eigenvalue weighted by molar-refractivity contribution is 5.95. The molecule has 0 bridgehead atoms. The summed E-state index contributed by atoms with van der Waals surface area (Å²) in [6.45, 7) is 4.00. The van der Waals surface area contributed by atoms with Gasteiger partial charge in [-0.25, -0.2) is 4.98 Å². The van der Waals surface area contributed by atoms with Gasteiger partial charge >= 0.3 is 0 Å². The van der Waals surface area contributed by atoms with Crippen LogP contribution in [-0.2, 0) is 0 Å². The van der Waals surface area contributed by atoms with Crippen LogP contribution in [0.25, 0.3) is 10.9 Å². The largest absolute Gasteiger partial charge is 0.345 e. The van der Waals surface area contributed by atoms with Crippen LogP contribution in [0.4, 0.5) is 0 Å². The van der Waals surface area contributed by atoms with Crippen molar-refractivity contribution in [2.75, 3.05) is 13.1 Å². The number of carbonyl (C=O) groups excluding carboxylic acids is 1. The first kappa shape index (κ1) is 13.1. The number of para-hydroxylation sites is 1. The van der Waals surface area contributed by atoms with Crippen LogP contribution in [0.2, 0.25) is 0 Å². The number of hydrogen-bond donors (Lipinski definition) is 2. The van der Waals surface area contributed by atoms with Crippen LogP contribution >= 0.6 is 0 Å². The predicted octanol–water partition coefficient (Wildman–Crippen LogP) is 2.11. The number of hydrogen-bond acceptors (Lipinski definition) is 3. The van der Waals surface area contributed by atoms with E-state index < -0.39 is 0 Å². The van der Waals surface area contributed by atoms with E-state index in [9.17, 15) is 4.79 Å². The second kappa shape index (κ2) is 5.21. The smallest absolute Gasteiger partial charge is 0.270 e. The average molecular weight is 269 g/mol. The van der Waals surface area contributed by atoms with Gasteiger partial charge in [0, 0.05) is 10.9 Å². The zero-order chi connectivity index (χ0) is 14.0. The summed E-state index contributed by atoms with van der Waals surface area (Å²) in [5.41, 5.74) is 1.22. The minimum absolute atomic E-state index is 0.0832. The Kier molecular flexibility index (Phi) is 3.40. The minimum Gasteiger partial charge on any atom is -0.345 e. The van der Waals surface area contributed by atoms with Crippen molar-refractivity contribution in [3.8, 4) is 0 Å². The summed E-state index contributed by atoms with van der Waals surface area (Å²) in [7, 11) is 0. The van der Waals surface area contributed by atoms with E-state index in [-0.39, 0.29) is 11.4 Å². The van der Waals surface area contributed by atoms with Gasteiger partial charge in [0.25, 0.3) is 5.91 Å². The first-order valence-electron chi connectivity index (χ1n) is 7.05. The molecule has 1 fully saturated rings. The number of piperidine rings is 1. The second-order valence-electron chi connectivity index (χ2n) is 5.65. The van der Waals surface area contributed by atoms with Crippen LogP contribution in [0.5, 0.6) is 0 Å². The Balaban J connectivity index is 1.81. The molecule has 4 heteroatoms. The molecule has 0 aliphatic carbocycles. The van der Waals surface area contributed by atoms with Crippen molar-refractivity contribution in [2.24, 2.45) is 0 Å². The van der Waals surface area contributed by atoms with Gasteiger partial charge in [-0.3, -0.25) is 4.79 Å². The first-order valence-corrected chi connectivity index (χ1v) is 7.05. The quantitative estimate of drug-likeness (QED) is 0.878. The van der Waals surface area contributed by atoms with Gasteiger partial charge in [0.05, 0.1) is 5.52 Å². The van der Waals surface area contributed by atoms with E-state index in [1.165, 1.54) is 0 Å². The molecule has 0 radical (unpaired) electrons. The number of nitrogens with one attached hydrogen (secondary N) is 2. The lowest BCUT2D eigenvalue weighted by atomic mass is 9.90. The lowest BCUT2D eigenvalue weighted by Gasteiger charge is -2.34. The Morgan fingerprint density at radius 3 is 2.75 bits per heavy atom. The molecule has 1 aliphatic rings. The molecule has 2 N–H and O–H groups in total. The third-order valence-electron chi connectivity index (χ3n) is 3.95. The number of amides is 1. The van der Waals surface area contributed by atoms with Gasteiger partial charge in [-0.05, 0) is 45.0 Å². The van der Waals surface area contributed by atoms with E-state index in [2.05, 4.69) is 22.5 Å². The summed E-state index contributed by atoms with van der Waals surface area (Å²) in [5, 5.41) is 7.50. The van der Waals surface area contributed by atoms with Crippen molar-refractivity contribution in [3.05, 3.63) is 42.1 Å². The van der Waals surface area contributed by atoms with Crippen LogP contribution in [0.3, 0.4) is 0 Å². The standard InChI is InChI=1S/C16H19N3O/c1-16(8-10-17-11-9-16)19-15(20)14-7-6-12-4-2-3-5-13(12)18-14/h2-7,17H,8-11H2,1H3,(H,19,20). The van der Waals surface area contributed by atoms with E-state index in [4.69, 9.17) is 0 Å². The fraction of sp³-hybridized carbons (Fsp3) is 0.375. The number of carbonyl (C=O) groups is 1. The Hall–Kier alpha value is -1.94. The minimum atomic E-state index is -0.129. The molecule has 104 valence electrons. The number of pyridine rings is 1. The van der Waals surface area contributed by atoms with E-state index in [1.807, 2.05) is 30.3 Å². The molecule has 0 atom stereocenters. The normalized spacial score (nSPS) is 17.9. The van der Waals surface area contributed by atoms with Crippen LogP contribution in [0.1, 0.15) is 30.3 Å². The van der Waals surface area contributed by atoms with Crippen molar-refractivity contribution in [2.45, 2.75) is 25.3 Å². The fourth-order valence-electron chi connectivity index (χ4n) is 2.63. The summed E-state index contributed by atoms with van der Waals surface area (Å²) in [5.74, 6) is -0.0832. The monoisotopic (exact) mass is 269 g/mol. The van der Waals surface area contributed by atoms with Crippen molar-refractivity contribution in [1.82, 2.24) is 15.6 Å². The molecule has 0 saturated carbocycles. The lowest BCUT2D eigenvalue weighted by Crippen LogP contribution is -2.52. The zero-order valence-corrected chi connectivity index (χ0v) is 11.6. The van der Waals surface area contributed by atoms with Crippen LogP contribution in [0.15, 0.2) is 36.4 Å². The number of rotatable bonds is 2. The van der Waals surface area contributed by atoms with Gasteiger partial charge in [-0.15, -0.1) is 0 Å². The van der Waals surface area contributed by atoms with E-state index in [0.717, 1.165) is 36.8 Å². The van der Waals surface area contributed by atoms with Crippen molar-refractivity contribution < 1.29 is 4.79 Å². The SMILES string of the molecule is CC1(NC(=O)c2ccc3ccccc3n2)CCNCC1. The van der Waals surface area contributed by atoms with Crippen LogP contribution in [0, 0.1) is 0 Å². The fourth-order valence-corrected chi connectivity index (χ4v) is 2.63. The molecule has 1 aliphatic heterocycles. The van der Waals surface area contributed by atoms with Gasteiger partial charge in [0.1, 0.15) is 5.69 Å². The van der Waals surface area contributed by atoms with Gasteiger partial charge in [0.15, 0.2) is 0 Å². The van der Waals surface area contributed by atoms with E-state index in [0.29, 0.717) is 5.69 Å². The van der Waals surface area contributed by atoms with E-state index in [1.54, 1.807) is 6.07 Å². The van der Waals surface area contributed by atoms with Crippen molar-refractivity contribution in [3.63, 3.8) is 0 Å². The molecule has 1 amide bonds. The molecular formula is C16H19N3O. The third kappa shape index (κ3) is 2.65. The Bertz CT molecular complexity index is 632. The van der Waals surface area contributed by atoms with Gasteiger partial charge in [-0.1, -0.05) is 24.3 Å². The summed E-state index contributed by atoms with van der Waals surface area (Å²) < 4.78 is 0. The summed E-state index contributed by atoms with van der Waals surface area (Å²) >= 11 is 0. The van der Waals surface area contributed by atoms with Crippen LogP contribution < -0.4 is 10.6 Å². The molecule has 0 spiro atoms. The molecule has 0 unspecified atom stereocenters. The van der Waals surface area contributed by atoms with Gasteiger partial charge in [-0.2, -0.15) is 0 Å². The van der Waals surface area contributed by atoms with Crippen molar-refractivity contribution >= 4 is 16.8 Å². The number of nitrogens with zero attached hydrogens (tertiary/aromatic N) is 1. The summed E-state index contributed by atoms with van der Waals surface area (Å²) in [6.07, 6.45) is 1.90. The maximum Gasteiger partial charge on any atom is 0.270 e. The number of benzene rings is 1. The Morgan fingerprint density at radius 1 is 1.20 bits per heavy atom. The summed E-state index contributed by atoms with van der Waals surface area (Å²) in [4.78, 5) is 16.8. The molecule has 20 heavy (non-hydrogen) atoms. The highest BCUT2D eigenvalue weighted by atomic mass is 16.2. The Morgan fingerprint density at radius 2 is 1.95 bits per heavy atom. The summed E-state index contributed by atoms with van der Waals surface area (Å²) in [6, 6.07) is 11.6. The van der Waals surface area contributed by atoms with Crippen LogP contribution in [-0.4, -0.2) is 29.5 Å². The van der Waals surface area contributed by atoms with Gasteiger partial charge in [0.2, 0.25) is 0 Å². The average Bonchev–Trinajstić information content (AvgIpc) is 2.47. The molecular weight excluding hydrogens is 250 g/mol. The number of fused-ring (bicyclic) bond motifs is 1. The first-order chi connectivity index (χ1) is 9.66. The second-order valence-corrected chi connectivity index (χ2v) is 5.65. The third-order valence-corrected chi connectivity index (χ3v) is 3.95. The topological polar surface area (TPSA) is 54.0 Å². The molecule has 1 saturated heterocycles. The predicted molar refractivity (Wildman–Crippen MR) is 79.7 cm³/mol. The number of aromatic nitrogens is 1.